The molecule has 1 amide bonds. The summed E-state index contributed by atoms with van der Waals surface area (Å²) in [6.45, 7) is 0.661. The molecule has 0 aliphatic carbocycles. The van der Waals surface area contributed by atoms with Crippen LogP contribution < -0.4 is 4.74 Å². The predicted octanol–water partition coefficient (Wildman–Crippen LogP) is 4.07. The van der Waals surface area contributed by atoms with Gasteiger partial charge in [-0.15, -0.1) is 11.3 Å². The van der Waals surface area contributed by atoms with Crippen LogP contribution in [0, 0.1) is 0 Å². The zero-order valence-electron chi connectivity index (χ0n) is 13.6. The molecule has 0 aliphatic heterocycles. The Morgan fingerprint density at radius 3 is 2.71 bits per heavy atom. The number of benzene rings is 2. The average Bonchev–Trinajstić information content (AvgIpc) is 3.03. The van der Waals surface area contributed by atoms with Gasteiger partial charge in [-0.05, 0) is 17.7 Å². The van der Waals surface area contributed by atoms with E-state index < -0.39 is 0 Å². The van der Waals surface area contributed by atoms with Gasteiger partial charge in [0.05, 0.1) is 11.8 Å². The van der Waals surface area contributed by atoms with Gasteiger partial charge in [0.15, 0.2) is 0 Å². The van der Waals surface area contributed by atoms with Crippen molar-refractivity contribution in [1.29, 1.82) is 0 Å². The predicted molar refractivity (Wildman–Crippen MR) is 94.3 cm³/mol. The molecule has 0 aliphatic rings. The van der Waals surface area contributed by atoms with E-state index in [1.54, 1.807) is 19.1 Å². The van der Waals surface area contributed by atoms with E-state index in [9.17, 15) is 4.79 Å². The van der Waals surface area contributed by atoms with Gasteiger partial charge in [-0.25, -0.2) is 9.78 Å². The lowest BCUT2D eigenvalue weighted by Gasteiger charge is -2.16. The number of carbonyl (C=O) groups is 1. The number of hydrogen-bond acceptors (Lipinski definition) is 5. The summed E-state index contributed by atoms with van der Waals surface area (Å²) in [6.07, 6.45) is -0.370. The number of rotatable bonds is 5. The molecule has 24 heavy (non-hydrogen) atoms. The monoisotopic (exact) mass is 342 g/mol. The number of ether oxygens (including phenoxy) is 2. The van der Waals surface area contributed by atoms with Crippen molar-refractivity contribution in [1.82, 2.24) is 9.88 Å². The van der Waals surface area contributed by atoms with Gasteiger partial charge in [0.2, 0.25) is 0 Å². The van der Waals surface area contributed by atoms with Crippen molar-refractivity contribution in [3.8, 4) is 5.75 Å². The molecule has 0 N–H and O–H groups in total. The molecule has 124 valence electrons. The second kappa shape index (κ2) is 7.31. The molecule has 3 rings (SSSR count). The van der Waals surface area contributed by atoms with E-state index in [-0.39, 0.29) is 12.7 Å². The first-order chi connectivity index (χ1) is 11.7. The normalized spacial score (nSPS) is 10.6. The second-order valence-electron chi connectivity index (χ2n) is 5.31. The molecule has 1 aromatic heterocycles. The van der Waals surface area contributed by atoms with Crippen molar-refractivity contribution < 1.29 is 14.3 Å². The molecule has 0 bridgehead atoms. The van der Waals surface area contributed by atoms with Crippen LogP contribution in [0.5, 0.6) is 5.75 Å². The maximum atomic E-state index is 12.1. The van der Waals surface area contributed by atoms with Crippen molar-refractivity contribution in [3.05, 3.63) is 59.1 Å². The van der Waals surface area contributed by atoms with E-state index in [1.165, 1.54) is 11.3 Å². The van der Waals surface area contributed by atoms with E-state index in [0.29, 0.717) is 6.54 Å². The minimum Gasteiger partial charge on any atom is -0.494 e. The number of fused-ring (bicyclic) bond motifs is 1. The molecular formula is C18H18N2O3S. The highest BCUT2D eigenvalue weighted by Crippen LogP contribution is 2.29. The summed E-state index contributed by atoms with van der Waals surface area (Å²) in [7, 11) is 3.34. The number of aromatic nitrogens is 1. The zero-order valence-corrected chi connectivity index (χ0v) is 14.4. The molecule has 5 nitrogen and oxygen atoms in total. The number of nitrogens with zero attached hydrogens (tertiary/aromatic N) is 2. The third-order valence-electron chi connectivity index (χ3n) is 3.54. The number of amides is 1. The summed E-state index contributed by atoms with van der Waals surface area (Å²) in [5, 5.41) is 0.746. The molecule has 0 saturated carbocycles. The lowest BCUT2D eigenvalue weighted by molar-refractivity contribution is 0.103. The van der Waals surface area contributed by atoms with Gasteiger partial charge in [-0.1, -0.05) is 36.4 Å². The molecule has 1 heterocycles. The summed E-state index contributed by atoms with van der Waals surface area (Å²) >= 11 is 1.50. The van der Waals surface area contributed by atoms with Gasteiger partial charge in [-0.2, -0.15) is 0 Å². The third kappa shape index (κ3) is 3.65. The molecule has 2 aromatic carbocycles. The molecule has 0 radical (unpaired) electrons. The molecular weight excluding hydrogens is 324 g/mol. The summed E-state index contributed by atoms with van der Waals surface area (Å²) in [5.74, 6) is 0.725. The van der Waals surface area contributed by atoms with Crippen molar-refractivity contribution in [3.63, 3.8) is 0 Å². The summed E-state index contributed by atoms with van der Waals surface area (Å²) in [5.41, 5.74) is 1.86. The van der Waals surface area contributed by atoms with Gasteiger partial charge in [0.25, 0.3) is 0 Å². The molecule has 3 aromatic rings. The third-order valence-corrected chi connectivity index (χ3v) is 4.53. The van der Waals surface area contributed by atoms with Crippen molar-refractivity contribution in [2.75, 3.05) is 14.2 Å². The molecule has 0 atom stereocenters. The van der Waals surface area contributed by atoms with E-state index >= 15 is 0 Å². The summed E-state index contributed by atoms with van der Waals surface area (Å²) in [4.78, 5) is 18.2. The van der Waals surface area contributed by atoms with Crippen LogP contribution in [0.1, 0.15) is 10.6 Å². The zero-order chi connectivity index (χ0) is 16.9. The van der Waals surface area contributed by atoms with Crippen LogP contribution in [-0.4, -0.2) is 30.1 Å². The Morgan fingerprint density at radius 2 is 1.96 bits per heavy atom. The van der Waals surface area contributed by atoms with Crippen LogP contribution in [0.15, 0.2) is 48.5 Å². The number of hydrogen-bond donors (Lipinski definition) is 0. The largest absolute Gasteiger partial charge is 0.494 e. The van der Waals surface area contributed by atoms with Crippen LogP contribution in [0.2, 0.25) is 0 Å². The number of para-hydroxylation sites is 1. The fourth-order valence-electron chi connectivity index (χ4n) is 2.35. The van der Waals surface area contributed by atoms with Crippen LogP contribution in [0.4, 0.5) is 4.79 Å². The van der Waals surface area contributed by atoms with E-state index in [4.69, 9.17) is 9.47 Å². The van der Waals surface area contributed by atoms with Crippen molar-refractivity contribution in [2.45, 2.75) is 13.2 Å². The number of carbonyl (C=O) groups excluding carboxylic acids is 1. The first kappa shape index (κ1) is 16.3. The first-order valence-corrected chi connectivity index (χ1v) is 8.33. The fraction of sp³-hybridized carbons (Fsp3) is 0.222. The van der Waals surface area contributed by atoms with Crippen LogP contribution >= 0.6 is 11.3 Å². The SMILES string of the molecule is COc1cccc2sc(COC(=O)N(C)Cc3ccccc3)nc12. The Labute approximate surface area is 144 Å². The maximum Gasteiger partial charge on any atom is 0.410 e. The van der Waals surface area contributed by atoms with E-state index in [0.717, 1.165) is 26.5 Å². The second-order valence-corrected chi connectivity index (χ2v) is 6.43. The van der Waals surface area contributed by atoms with Gasteiger partial charge < -0.3 is 14.4 Å². The topological polar surface area (TPSA) is 51.7 Å². The van der Waals surface area contributed by atoms with Crippen LogP contribution in [-0.2, 0) is 17.9 Å². The van der Waals surface area contributed by atoms with Crippen molar-refractivity contribution >= 4 is 27.6 Å². The molecule has 0 saturated heterocycles. The Balaban J connectivity index is 1.62. The average molecular weight is 342 g/mol. The van der Waals surface area contributed by atoms with Gasteiger partial charge in [0.1, 0.15) is 22.9 Å². The number of methoxy groups -OCH3 is 1. The first-order valence-electron chi connectivity index (χ1n) is 7.51. The Morgan fingerprint density at radius 1 is 1.17 bits per heavy atom. The molecule has 0 spiro atoms. The Bertz CT molecular complexity index is 833. The van der Waals surface area contributed by atoms with Gasteiger partial charge >= 0.3 is 6.09 Å². The van der Waals surface area contributed by atoms with Crippen LogP contribution in [0.25, 0.3) is 10.2 Å². The lowest BCUT2D eigenvalue weighted by atomic mass is 10.2. The Kier molecular flexibility index (Phi) is 4.96. The molecule has 6 heteroatoms. The standard InChI is InChI=1S/C18H18N2O3S/c1-20(11-13-7-4-3-5-8-13)18(21)23-12-16-19-17-14(22-2)9-6-10-15(17)24-16/h3-10H,11-12H2,1-2H3. The van der Waals surface area contributed by atoms with Gasteiger partial charge in [0, 0.05) is 13.6 Å². The minimum atomic E-state index is -0.370. The van der Waals surface area contributed by atoms with Crippen LogP contribution in [0.3, 0.4) is 0 Å². The smallest absolute Gasteiger partial charge is 0.410 e. The Hall–Kier alpha value is -2.60. The lowest BCUT2D eigenvalue weighted by Crippen LogP contribution is -2.26. The minimum absolute atomic E-state index is 0.153. The maximum absolute atomic E-state index is 12.1. The van der Waals surface area contributed by atoms with Gasteiger partial charge in [-0.3, -0.25) is 0 Å². The molecule has 0 fully saturated rings. The number of thiazole rings is 1. The fourth-order valence-corrected chi connectivity index (χ4v) is 3.25. The summed E-state index contributed by atoms with van der Waals surface area (Å²) in [6, 6.07) is 15.6. The van der Waals surface area contributed by atoms with E-state index in [1.807, 2.05) is 48.5 Å². The molecule has 0 unspecified atom stereocenters. The summed E-state index contributed by atoms with van der Waals surface area (Å²) < 4.78 is 11.7. The highest BCUT2D eigenvalue weighted by Gasteiger charge is 2.13. The quantitative estimate of drug-likeness (QED) is 0.701. The highest BCUT2D eigenvalue weighted by molar-refractivity contribution is 7.18. The highest BCUT2D eigenvalue weighted by atomic mass is 32.1. The van der Waals surface area contributed by atoms with E-state index in [2.05, 4.69) is 4.98 Å². The van der Waals surface area contributed by atoms with Crippen molar-refractivity contribution in [2.24, 2.45) is 0 Å².